The number of carbonyl (C=O) groups is 2. The van der Waals surface area contributed by atoms with Crippen molar-refractivity contribution in [2.45, 2.75) is 45.8 Å². The maximum absolute atomic E-state index is 12.5. The van der Waals surface area contributed by atoms with Gasteiger partial charge in [-0.3, -0.25) is 14.2 Å². The molecule has 3 aromatic rings. The molecular formula is C20H26N6O2S3. The summed E-state index contributed by atoms with van der Waals surface area (Å²) >= 11 is 4.22. The van der Waals surface area contributed by atoms with Crippen LogP contribution in [0.25, 0.3) is 11.4 Å². The Kier molecular flexibility index (Phi) is 7.17. The fraction of sp³-hybridized carbons (Fsp3) is 0.450. The number of thiazole rings is 1. The molecule has 0 aliphatic heterocycles. The SMILES string of the molecule is Cc1nc(NC(=O)CSc2nnc(-c3csc(C)c3C)n2C(C)C)sc1C(=O)N(C)C. The largest absolute Gasteiger partial charge is 0.344 e. The summed E-state index contributed by atoms with van der Waals surface area (Å²) < 4.78 is 2.06. The molecule has 0 aliphatic rings. The van der Waals surface area contributed by atoms with E-state index < -0.39 is 0 Å². The summed E-state index contributed by atoms with van der Waals surface area (Å²) in [5, 5.41) is 14.8. The van der Waals surface area contributed by atoms with E-state index in [1.54, 1.807) is 32.4 Å². The van der Waals surface area contributed by atoms with Crippen molar-refractivity contribution in [3.8, 4) is 11.4 Å². The fourth-order valence-electron chi connectivity index (χ4n) is 2.90. The Morgan fingerprint density at radius 3 is 2.52 bits per heavy atom. The molecule has 3 rings (SSSR count). The maximum Gasteiger partial charge on any atom is 0.265 e. The van der Waals surface area contributed by atoms with Crippen molar-refractivity contribution in [1.29, 1.82) is 0 Å². The van der Waals surface area contributed by atoms with E-state index in [2.05, 4.69) is 58.1 Å². The van der Waals surface area contributed by atoms with Crippen LogP contribution in [0.4, 0.5) is 5.13 Å². The van der Waals surface area contributed by atoms with Crippen LogP contribution in [0.15, 0.2) is 10.5 Å². The first-order valence-electron chi connectivity index (χ1n) is 9.71. The number of carbonyl (C=O) groups excluding carboxylic acids is 2. The highest BCUT2D eigenvalue weighted by molar-refractivity contribution is 7.99. The highest BCUT2D eigenvalue weighted by Crippen LogP contribution is 2.33. The minimum absolute atomic E-state index is 0.124. The van der Waals surface area contributed by atoms with Crippen LogP contribution in [-0.2, 0) is 4.79 Å². The number of thioether (sulfide) groups is 1. The van der Waals surface area contributed by atoms with Crippen LogP contribution in [0.2, 0.25) is 0 Å². The van der Waals surface area contributed by atoms with Gasteiger partial charge < -0.3 is 10.2 Å². The van der Waals surface area contributed by atoms with Crippen LogP contribution >= 0.6 is 34.4 Å². The van der Waals surface area contributed by atoms with E-state index in [1.807, 2.05) is 0 Å². The molecule has 0 bridgehead atoms. The van der Waals surface area contributed by atoms with Crippen LogP contribution in [0, 0.1) is 20.8 Å². The Hall–Kier alpha value is -2.24. The van der Waals surface area contributed by atoms with Crippen LogP contribution < -0.4 is 5.32 Å². The zero-order valence-corrected chi connectivity index (χ0v) is 21.1. The van der Waals surface area contributed by atoms with Crippen LogP contribution in [0.1, 0.15) is 45.7 Å². The summed E-state index contributed by atoms with van der Waals surface area (Å²) in [4.78, 5) is 32.3. The van der Waals surface area contributed by atoms with Gasteiger partial charge in [-0.05, 0) is 40.2 Å². The Bertz CT molecular complexity index is 1110. The van der Waals surface area contributed by atoms with Crippen molar-refractivity contribution in [2.75, 3.05) is 25.2 Å². The van der Waals surface area contributed by atoms with Gasteiger partial charge in [0.25, 0.3) is 5.91 Å². The molecule has 8 nitrogen and oxygen atoms in total. The average molecular weight is 479 g/mol. The highest BCUT2D eigenvalue weighted by atomic mass is 32.2. The number of aromatic nitrogens is 4. The average Bonchev–Trinajstić information content (AvgIpc) is 3.37. The number of hydrogen-bond donors (Lipinski definition) is 1. The van der Waals surface area contributed by atoms with E-state index in [9.17, 15) is 9.59 Å². The van der Waals surface area contributed by atoms with Gasteiger partial charge in [0.05, 0.1) is 11.4 Å². The molecular weight excluding hydrogens is 452 g/mol. The van der Waals surface area contributed by atoms with E-state index in [0.717, 1.165) is 11.4 Å². The van der Waals surface area contributed by atoms with Crippen molar-refractivity contribution < 1.29 is 9.59 Å². The minimum atomic E-state index is -0.204. The first-order chi connectivity index (χ1) is 14.6. The smallest absolute Gasteiger partial charge is 0.265 e. The molecule has 0 saturated heterocycles. The Labute approximate surface area is 194 Å². The van der Waals surface area contributed by atoms with Crippen molar-refractivity contribution in [2.24, 2.45) is 0 Å². The third kappa shape index (κ3) is 4.99. The van der Waals surface area contributed by atoms with Gasteiger partial charge in [0.15, 0.2) is 16.1 Å². The molecule has 0 aliphatic carbocycles. The van der Waals surface area contributed by atoms with Gasteiger partial charge in [-0.25, -0.2) is 4.98 Å². The molecule has 0 unspecified atom stereocenters. The number of rotatable bonds is 7. The lowest BCUT2D eigenvalue weighted by Gasteiger charge is -2.13. The molecule has 0 fully saturated rings. The summed E-state index contributed by atoms with van der Waals surface area (Å²) in [6, 6.07) is 0.149. The Morgan fingerprint density at radius 1 is 1.23 bits per heavy atom. The van der Waals surface area contributed by atoms with Gasteiger partial charge in [-0.2, -0.15) is 0 Å². The van der Waals surface area contributed by atoms with E-state index in [1.165, 1.54) is 38.4 Å². The second-order valence-electron chi connectivity index (χ2n) is 7.57. The van der Waals surface area contributed by atoms with Crippen molar-refractivity contribution in [1.82, 2.24) is 24.6 Å². The van der Waals surface area contributed by atoms with Crippen molar-refractivity contribution in [3.05, 3.63) is 26.4 Å². The number of nitrogens with one attached hydrogen (secondary N) is 1. The molecule has 1 N–H and O–H groups in total. The molecule has 0 radical (unpaired) electrons. The lowest BCUT2D eigenvalue weighted by Crippen LogP contribution is -2.21. The monoisotopic (exact) mass is 478 g/mol. The predicted molar refractivity (Wildman–Crippen MR) is 127 cm³/mol. The summed E-state index contributed by atoms with van der Waals surface area (Å²) in [7, 11) is 3.38. The number of nitrogens with zero attached hydrogens (tertiary/aromatic N) is 5. The molecule has 0 saturated carbocycles. The van der Waals surface area contributed by atoms with E-state index in [4.69, 9.17) is 0 Å². The summed E-state index contributed by atoms with van der Waals surface area (Å²) in [5.74, 6) is 0.663. The first kappa shape index (κ1) is 23.4. The number of amides is 2. The van der Waals surface area contributed by atoms with Gasteiger partial charge in [0.1, 0.15) is 4.88 Å². The summed E-state index contributed by atoms with van der Waals surface area (Å²) in [6.07, 6.45) is 0. The quantitative estimate of drug-likeness (QED) is 0.506. The normalized spacial score (nSPS) is 11.2. The Balaban J connectivity index is 1.72. The van der Waals surface area contributed by atoms with Gasteiger partial charge in [-0.1, -0.05) is 23.1 Å². The zero-order chi connectivity index (χ0) is 22.9. The summed E-state index contributed by atoms with van der Waals surface area (Å²) in [6.45, 7) is 10.1. The third-order valence-corrected chi connectivity index (χ3v) is 7.70. The first-order valence-corrected chi connectivity index (χ1v) is 12.4. The summed E-state index contributed by atoms with van der Waals surface area (Å²) in [5.41, 5.74) is 2.89. The van der Waals surface area contributed by atoms with E-state index in [-0.39, 0.29) is 23.6 Å². The minimum Gasteiger partial charge on any atom is -0.344 e. The molecule has 166 valence electrons. The topological polar surface area (TPSA) is 93.0 Å². The number of aryl methyl sites for hydroxylation is 2. The van der Waals surface area contributed by atoms with Gasteiger partial charge in [-0.15, -0.1) is 21.5 Å². The maximum atomic E-state index is 12.5. The number of anilines is 1. The molecule has 0 aromatic carbocycles. The van der Waals surface area contributed by atoms with Crippen molar-refractivity contribution in [3.63, 3.8) is 0 Å². The fourth-order valence-corrected chi connectivity index (χ4v) is 5.63. The van der Waals surface area contributed by atoms with Crippen LogP contribution in [-0.4, -0.2) is 56.3 Å². The molecule has 31 heavy (non-hydrogen) atoms. The number of thiophene rings is 1. The highest BCUT2D eigenvalue weighted by Gasteiger charge is 2.21. The predicted octanol–water partition coefficient (Wildman–Crippen LogP) is 4.40. The van der Waals surface area contributed by atoms with Crippen molar-refractivity contribution >= 4 is 51.4 Å². The Morgan fingerprint density at radius 2 is 1.94 bits per heavy atom. The molecule has 3 aromatic heterocycles. The number of hydrogen-bond acceptors (Lipinski definition) is 8. The van der Waals surface area contributed by atoms with Gasteiger partial charge in [0, 0.05) is 36.0 Å². The van der Waals surface area contributed by atoms with Crippen LogP contribution in [0.3, 0.4) is 0 Å². The van der Waals surface area contributed by atoms with E-state index >= 15 is 0 Å². The second kappa shape index (κ2) is 9.49. The lowest BCUT2D eigenvalue weighted by molar-refractivity contribution is -0.113. The lowest BCUT2D eigenvalue weighted by atomic mass is 10.1. The zero-order valence-electron chi connectivity index (χ0n) is 18.6. The molecule has 11 heteroatoms. The van der Waals surface area contributed by atoms with E-state index in [0.29, 0.717) is 20.9 Å². The molecule has 3 heterocycles. The third-order valence-electron chi connectivity index (χ3n) is 4.68. The second-order valence-corrected chi connectivity index (χ2v) is 10.6. The van der Waals surface area contributed by atoms with Crippen LogP contribution in [0.5, 0.6) is 0 Å². The molecule has 2 amide bonds. The van der Waals surface area contributed by atoms with Gasteiger partial charge >= 0.3 is 0 Å². The standard InChI is InChI=1S/C20H26N6O2S3/c1-10(2)26-17(14-8-29-13(5)11(14)3)23-24-20(26)30-9-15(27)22-19-21-12(4)16(31-19)18(28)25(6)7/h8,10H,9H2,1-7H3,(H,21,22,27). The molecule has 0 spiro atoms. The molecule has 0 atom stereocenters. The van der Waals surface area contributed by atoms with Gasteiger partial charge in [0.2, 0.25) is 5.91 Å².